The molecule has 94 valence electrons. The van der Waals surface area contributed by atoms with Crippen molar-refractivity contribution in [3.63, 3.8) is 0 Å². The average Bonchev–Trinajstić information content (AvgIpc) is 2.85. The summed E-state index contributed by atoms with van der Waals surface area (Å²) in [5.74, 6) is 1.96. The number of ether oxygens (including phenoxy) is 1. The van der Waals surface area contributed by atoms with Crippen LogP contribution in [-0.2, 0) is 6.42 Å². The van der Waals surface area contributed by atoms with Crippen molar-refractivity contribution in [2.75, 3.05) is 13.7 Å². The molecule has 5 heteroatoms. The highest BCUT2D eigenvalue weighted by molar-refractivity contribution is 5.37. The Kier molecular flexibility index (Phi) is 4.09. The van der Waals surface area contributed by atoms with Gasteiger partial charge in [-0.05, 0) is 17.7 Å². The van der Waals surface area contributed by atoms with E-state index in [2.05, 4.69) is 10.1 Å². The van der Waals surface area contributed by atoms with Crippen LogP contribution in [0.2, 0.25) is 0 Å². The largest absolute Gasteiger partial charge is 0.497 e. The van der Waals surface area contributed by atoms with E-state index in [0.29, 0.717) is 24.7 Å². The van der Waals surface area contributed by atoms with Gasteiger partial charge in [-0.25, -0.2) is 0 Å². The van der Waals surface area contributed by atoms with Gasteiger partial charge in [0.25, 0.3) is 0 Å². The first-order valence-electron chi connectivity index (χ1n) is 5.64. The third-order valence-electron chi connectivity index (χ3n) is 2.40. The van der Waals surface area contributed by atoms with E-state index in [1.165, 1.54) is 0 Å². The minimum absolute atomic E-state index is 0.455. The Hall–Kier alpha value is -2.14. The molecule has 2 aromatic rings. The van der Waals surface area contributed by atoms with Crippen molar-refractivity contribution in [1.29, 1.82) is 0 Å². The van der Waals surface area contributed by atoms with Gasteiger partial charge in [-0.1, -0.05) is 23.4 Å². The number of benzene rings is 1. The van der Waals surface area contributed by atoms with E-state index in [0.717, 1.165) is 11.3 Å². The lowest BCUT2D eigenvalue weighted by Gasteiger charge is -2.00. The highest BCUT2D eigenvalue weighted by Crippen LogP contribution is 2.13. The molecule has 2 N–H and O–H groups in total. The summed E-state index contributed by atoms with van der Waals surface area (Å²) in [6, 6.07) is 7.77. The minimum Gasteiger partial charge on any atom is -0.497 e. The number of nitrogens with two attached hydrogens (primary N) is 1. The Bertz CT molecular complexity index is 517. The summed E-state index contributed by atoms with van der Waals surface area (Å²) in [5.41, 5.74) is 6.45. The van der Waals surface area contributed by atoms with Crippen LogP contribution in [0.3, 0.4) is 0 Å². The lowest BCUT2D eigenvalue weighted by molar-refractivity contribution is 0.404. The number of aromatic nitrogens is 2. The summed E-state index contributed by atoms with van der Waals surface area (Å²) in [5, 5.41) is 3.90. The molecule has 0 unspecified atom stereocenters. The molecule has 1 heterocycles. The average molecular weight is 245 g/mol. The summed E-state index contributed by atoms with van der Waals surface area (Å²) >= 11 is 0. The second-order valence-electron chi connectivity index (χ2n) is 3.71. The second-order valence-corrected chi connectivity index (χ2v) is 3.71. The summed E-state index contributed by atoms with van der Waals surface area (Å²) in [7, 11) is 1.64. The van der Waals surface area contributed by atoms with Crippen molar-refractivity contribution in [2.24, 2.45) is 5.73 Å². The topological polar surface area (TPSA) is 74.2 Å². The van der Waals surface area contributed by atoms with E-state index in [1.54, 1.807) is 19.3 Å². The van der Waals surface area contributed by atoms with Gasteiger partial charge < -0.3 is 15.0 Å². The molecule has 0 spiro atoms. The molecule has 5 nitrogen and oxygen atoms in total. The van der Waals surface area contributed by atoms with Gasteiger partial charge in [0.05, 0.1) is 7.11 Å². The quantitative estimate of drug-likeness (QED) is 0.866. The maximum Gasteiger partial charge on any atom is 0.250 e. The highest BCUT2D eigenvalue weighted by atomic mass is 16.5. The fourth-order valence-corrected chi connectivity index (χ4v) is 1.50. The van der Waals surface area contributed by atoms with E-state index >= 15 is 0 Å². The van der Waals surface area contributed by atoms with Crippen molar-refractivity contribution in [3.05, 3.63) is 47.6 Å². The van der Waals surface area contributed by atoms with E-state index in [9.17, 15) is 0 Å². The van der Waals surface area contributed by atoms with Gasteiger partial charge in [-0.2, -0.15) is 4.98 Å². The predicted molar refractivity (Wildman–Crippen MR) is 68.2 cm³/mol. The Morgan fingerprint density at radius 3 is 2.78 bits per heavy atom. The first-order valence-corrected chi connectivity index (χ1v) is 5.64. The highest BCUT2D eigenvalue weighted by Gasteiger charge is 2.04. The minimum atomic E-state index is 0.455. The van der Waals surface area contributed by atoms with Crippen LogP contribution in [0.5, 0.6) is 5.75 Å². The number of rotatable bonds is 5. The molecule has 0 bridgehead atoms. The Morgan fingerprint density at radius 2 is 2.11 bits per heavy atom. The fourth-order valence-electron chi connectivity index (χ4n) is 1.50. The maximum absolute atomic E-state index is 5.35. The molecule has 0 atom stereocenters. The van der Waals surface area contributed by atoms with Crippen molar-refractivity contribution >= 4 is 6.08 Å². The number of hydrogen-bond donors (Lipinski definition) is 1. The molecule has 0 radical (unpaired) electrons. The molecule has 0 fully saturated rings. The molecule has 2 rings (SSSR count). The fraction of sp³-hybridized carbons (Fsp3) is 0.231. The van der Waals surface area contributed by atoms with E-state index in [1.807, 2.05) is 24.3 Å². The van der Waals surface area contributed by atoms with Gasteiger partial charge in [0.1, 0.15) is 5.75 Å². The second kappa shape index (κ2) is 5.97. The zero-order valence-electron chi connectivity index (χ0n) is 10.2. The predicted octanol–water partition coefficient (Wildman–Crippen LogP) is 1.64. The molecule has 18 heavy (non-hydrogen) atoms. The summed E-state index contributed by atoms with van der Waals surface area (Å²) < 4.78 is 10.2. The zero-order valence-corrected chi connectivity index (χ0v) is 10.2. The van der Waals surface area contributed by atoms with Crippen molar-refractivity contribution in [1.82, 2.24) is 10.1 Å². The first-order chi connectivity index (χ1) is 8.81. The van der Waals surface area contributed by atoms with Crippen LogP contribution in [0.15, 0.2) is 34.9 Å². The Labute approximate surface area is 105 Å². The van der Waals surface area contributed by atoms with Crippen LogP contribution in [0.4, 0.5) is 0 Å². The third-order valence-corrected chi connectivity index (χ3v) is 2.40. The smallest absolute Gasteiger partial charge is 0.250 e. The molecule has 0 saturated heterocycles. The van der Waals surface area contributed by atoms with Gasteiger partial charge in [0.2, 0.25) is 5.89 Å². The molecule has 1 aromatic heterocycles. The number of methoxy groups -OCH3 is 1. The lowest BCUT2D eigenvalue weighted by Crippen LogP contribution is -1.92. The normalized spacial score (nSPS) is 11.0. The van der Waals surface area contributed by atoms with Crippen LogP contribution in [0.1, 0.15) is 17.3 Å². The van der Waals surface area contributed by atoms with E-state index in [4.69, 9.17) is 15.0 Å². The van der Waals surface area contributed by atoms with Gasteiger partial charge in [0, 0.05) is 19.0 Å². The summed E-state index contributed by atoms with van der Waals surface area (Å²) in [4.78, 5) is 4.23. The summed E-state index contributed by atoms with van der Waals surface area (Å²) in [6.07, 6.45) is 4.11. The molecule has 0 aliphatic carbocycles. The SMILES string of the molecule is COc1ccc(Cc2noc(/C=C/CN)n2)cc1. The molecular formula is C13H15N3O2. The molecule has 0 aliphatic heterocycles. The molecule has 0 amide bonds. The molecular weight excluding hydrogens is 230 g/mol. The zero-order chi connectivity index (χ0) is 12.8. The van der Waals surface area contributed by atoms with Crippen molar-refractivity contribution in [2.45, 2.75) is 6.42 Å². The monoisotopic (exact) mass is 245 g/mol. The maximum atomic E-state index is 5.35. The van der Waals surface area contributed by atoms with E-state index in [-0.39, 0.29) is 0 Å². The van der Waals surface area contributed by atoms with Crippen molar-refractivity contribution < 1.29 is 9.26 Å². The number of hydrogen-bond acceptors (Lipinski definition) is 5. The van der Waals surface area contributed by atoms with Crippen LogP contribution >= 0.6 is 0 Å². The Morgan fingerprint density at radius 1 is 1.33 bits per heavy atom. The van der Waals surface area contributed by atoms with Gasteiger partial charge in [-0.3, -0.25) is 0 Å². The van der Waals surface area contributed by atoms with E-state index < -0.39 is 0 Å². The Balaban J connectivity index is 2.04. The van der Waals surface area contributed by atoms with Crippen LogP contribution < -0.4 is 10.5 Å². The van der Waals surface area contributed by atoms with Crippen LogP contribution in [0, 0.1) is 0 Å². The lowest BCUT2D eigenvalue weighted by atomic mass is 10.1. The van der Waals surface area contributed by atoms with Crippen LogP contribution in [-0.4, -0.2) is 23.8 Å². The third kappa shape index (κ3) is 3.18. The van der Waals surface area contributed by atoms with Crippen LogP contribution in [0.25, 0.3) is 6.08 Å². The molecule has 0 aliphatic rings. The van der Waals surface area contributed by atoms with Gasteiger partial charge in [-0.15, -0.1) is 0 Å². The van der Waals surface area contributed by atoms with Crippen molar-refractivity contribution in [3.8, 4) is 5.75 Å². The summed E-state index contributed by atoms with van der Waals surface area (Å²) in [6.45, 7) is 0.455. The molecule has 0 saturated carbocycles. The first kappa shape index (κ1) is 12.3. The van der Waals surface area contributed by atoms with Gasteiger partial charge >= 0.3 is 0 Å². The number of nitrogens with zero attached hydrogens (tertiary/aromatic N) is 2. The molecule has 1 aromatic carbocycles. The van der Waals surface area contributed by atoms with Gasteiger partial charge in [0.15, 0.2) is 5.82 Å². The standard InChI is InChI=1S/C13H15N3O2/c1-17-11-6-4-10(5-7-11)9-12-15-13(18-16-12)3-2-8-14/h2-7H,8-9,14H2,1H3/b3-2+.